The summed E-state index contributed by atoms with van der Waals surface area (Å²) in [5.41, 5.74) is 0.357. The van der Waals surface area contributed by atoms with Gasteiger partial charge in [-0.3, -0.25) is 9.69 Å². The molecule has 0 aromatic heterocycles. The number of carbonyl (C=O) groups is 2. The highest BCUT2D eigenvalue weighted by Crippen LogP contribution is 2.21. The molecule has 2 rings (SSSR count). The summed E-state index contributed by atoms with van der Waals surface area (Å²) < 4.78 is 4.73. The van der Waals surface area contributed by atoms with E-state index in [0.717, 1.165) is 0 Å². The summed E-state index contributed by atoms with van der Waals surface area (Å²) in [7, 11) is 0. The number of ketones is 1. The molecule has 1 saturated heterocycles. The van der Waals surface area contributed by atoms with Crippen LogP contribution >= 0.6 is 23.2 Å². The minimum atomic E-state index is -0.469. The Labute approximate surface area is 108 Å². The zero-order chi connectivity index (χ0) is 12.4. The first kappa shape index (κ1) is 12.2. The van der Waals surface area contributed by atoms with Gasteiger partial charge < -0.3 is 4.74 Å². The lowest BCUT2D eigenvalue weighted by Crippen LogP contribution is -2.30. The number of amides is 1. The van der Waals surface area contributed by atoms with Gasteiger partial charge in [0.05, 0.1) is 18.1 Å². The van der Waals surface area contributed by atoms with Crippen molar-refractivity contribution in [2.45, 2.75) is 0 Å². The van der Waals surface area contributed by atoms with Crippen LogP contribution in [0.5, 0.6) is 0 Å². The maximum Gasteiger partial charge on any atom is 0.410 e. The van der Waals surface area contributed by atoms with Gasteiger partial charge in [-0.15, -0.1) is 0 Å². The van der Waals surface area contributed by atoms with E-state index in [1.165, 1.54) is 11.0 Å². The zero-order valence-electron chi connectivity index (χ0n) is 8.78. The molecule has 1 fully saturated rings. The first-order valence-corrected chi connectivity index (χ1v) is 5.73. The number of rotatable bonds is 3. The standard InChI is InChI=1S/C11H9Cl2NO3/c12-7-1-2-8(9(13)5-7)10(15)6-14-3-4-17-11(14)16/h1-2,5H,3-4,6H2. The Morgan fingerprint density at radius 1 is 1.41 bits per heavy atom. The second-order valence-corrected chi connectivity index (χ2v) is 4.43. The summed E-state index contributed by atoms with van der Waals surface area (Å²) >= 11 is 11.6. The molecule has 0 unspecified atom stereocenters. The molecule has 0 bridgehead atoms. The van der Waals surface area contributed by atoms with E-state index in [2.05, 4.69) is 0 Å². The van der Waals surface area contributed by atoms with Crippen molar-refractivity contribution in [1.82, 2.24) is 4.90 Å². The maximum atomic E-state index is 11.9. The van der Waals surface area contributed by atoms with E-state index in [9.17, 15) is 9.59 Å². The highest BCUT2D eigenvalue weighted by Gasteiger charge is 2.25. The van der Waals surface area contributed by atoms with E-state index in [0.29, 0.717) is 23.7 Å². The molecule has 0 N–H and O–H groups in total. The quantitative estimate of drug-likeness (QED) is 0.796. The van der Waals surface area contributed by atoms with E-state index in [4.69, 9.17) is 27.9 Å². The summed E-state index contributed by atoms with van der Waals surface area (Å²) in [4.78, 5) is 24.4. The fourth-order valence-electron chi connectivity index (χ4n) is 1.54. The van der Waals surface area contributed by atoms with E-state index < -0.39 is 6.09 Å². The Morgan fingerprint density at radius 3 is 2.76 bits per heavy atom. The molecule has 0 aliphatic carbocycles. The van der Waals surface area contributed by atoms with E-state index in [1.807, 2.05) is 0 Å². The van der Waals surface area contributed by atoms with Crippen LogP contribution in [0.25, 0.3) is 0 Å². The Bertz CT molecular complexity index is 476. The minimum Gasteiger partial charge on any atom is -0.448 e. The Kier molecular flexibility index (Phi) is 3.54. The van der Waals surface area contributed by atoms with Crippen molar-refractivity contribution in [3.05, 3.63) is 33.8 Å². The number of halogens is 2. The van der Waals surface area contributed by atoms with Crippen LogP contribution in [-0.2, 0) is 4.74 Å². The van der Waals surface area contributed by atoms with E-state index >= 15 is 0 Å². The van der Waals surface area contributed by atoms with Crippen LogP contribution in [0.3, 0.4) is 0 Å². The molecule has 1 aliphatic heterocycles. The van der Waals surface area contributed by atoms with Crippen molar-refractivity contribution in [1.29, 1.82) is 0 Å². The van der Waals surface area contributed by atoms with Crippen LogP contribution in [0.4, 0.5) is 4.79 Å². The molecule has 0 saturated carbocycles. The molecule has 1 heterocycles. The minimum absolute atomic E-state index is 0.0276. The first-order valence-electron chi connectivity index (χ1n) is 4.98. The summed E-state index contributed by atoms with van der Waals surface area (Å²) in [6.07, 6.45) is -0.469. The summed E-state index contributed by atoms with van der Waals surface area (Å²) in [5, 5.41) is 0.752. The number of carbonyl (C=O) groups excluding carboxylic acids is 2. The molecule has 0 spiro atoms. The molecule has 0 atom stereocenters. The molecule has 1 aromatic carbocycles. The van der Waals surface area contributed by atoms with E-state index in [1.54, 1.807) is 12.1 Å². The topological polar surface area (TPSA) is 46.6 Å². The summed E-state index contributed by atoms with van der Waals surface area (Å²) in [5.74, 6) is -0.231. The van der Waals surface area contributed by atoms with Crippen molar-refractivity contribution in [2.75, 3.05) is 19.7 Å². The lowest BCUT2D eigenvalue weighted by atomic mass is 10.1. The lowest BCUT2D eigenvalue weighted by Gasteiger charge is -2.11. The smallest absolute Gasteiger partial charge is 0.410 e. The highest BCUT2D eigenvalue weighted by molar-refractivity contribution is 6.36. The molecule has 90 valence electrons. The van der Waals surface area contributed by atoms with Gasteiger partial charge in [-0.05, 0) is 18.2 Å². The monoisotopic (exact) mass is 273 g/mol. The third-order valence-electron chi connectivity index (χ3n) is 2.41. The predicted molar refractivity (Wildman–Crippen MR) is 63.7 cm³/mol. The Morgan fingerprint density at radius 2 is 2.18 bits per heavy atom. The van der Waals surface area contributed by atoms with Gasteiger partial charge in [0, 0.05) is 10.6 Å². The van der Waals surface area contributed by atoms with Crippen LogP contribution in [0, 0.1) is 0 Å². The summed E-state index contributed by atoms with van der Waals surface area (Å²) in [6, 6.07) is 4.63. The molecule has 4 nitrogen and oxygen atoms in total. The van der Waals surface area contributed by atoms with Crippen molar-refractivity contribution < 1.29 is 14.3 Å². The molecular weight excluding hydrogens is 265 g/mol. The fraction of sp³-hybridized carbons (Fsp3) is 0.273. The molecule has 1 aliphatic rings. The van der Waals surface area contributed by atoms with Gasteiger partial charge in [-0.2, -0.15) is 0 Å². The number of hydrogen-bond acceptors (Lipinski definition) is 3. The number of Topliss-reactive ketones (excluding diaryl/α,β-unsaturated/α-hetero) is 1. The molecule has 0 radical (unpaired) electrons. The lowest BCUT2D eigenvalue weighted by molar-refractivity contribution is 0.0944. The molecular formula is C11H9Cl2NO3. The van der Waals surface area contributed by atoms with Crippen LogP contribution in [0.1, 0.15) is 10.4 Å². The van der Waals surface area contributed by atoms with Crippen molar-refractivity contribution in [2.24, 2.45) is 0 Å². The molecule has 17 heavy (non-hydrogen) atoms. The van der Waals surface area contributed by atoms with Gasteiger partial charge in [0.15, 0.2) is 5.78 Å². The molecule has 1 amide bonds. The van der Waals surface area contributed by atoms with E-state index in [-0.39, 0.29) is 17.4 Å². The van der Waals surface area contributed by atoms with Gasteiger partial charge in [-0.25, -0.2) is 4.79 Å². The predicted octanol–water partition coefficient (Wildman–Crippen LogP) is 2.63. The van der Waals surface area contributed by atoms with Gasteiger partial charge in [0.1, 0.15) is 6.61 Å². The number of benzene rings is 1. The first-order chi connectivity index (χ1) is 8.08. The summed E-state index contributed by atoms with van der Waals surface area (Å²) in [6.45, 7) is 0.719. The number of nitrogens with zero attached hydrogens (tertiary/aromatic N) is 1. The van der Waals surface area contributed by atoms with Gasteiger partial charge in [0.25, 0.3) is 0 Å². The number of cyclic esters (lactones) is 1. The zero-order valence-corrected chi connectivity index (χ0v) is 10.3. The average molecular weight is 274 g/mol. The van der Waals surface area contributed by atoms with Gasteiger partial charge in [-0.1, -0.05) is 23.2 Å². The normalized spacial score (nSPS) is 14.9. The Hall–Kier alpha value is -1.26. The highest BCUT2D eigenvalue weighted by atomic mass is 35.5. The molecule has 1 aromatic rings. The van der Waals surface area contributed by atoms with Gasteiger partial charge >= 0.3 is 6.09 Å². The third-order valence-corrected chi connectivity index (χ3v) is 2.96. The maximum absolute atomic E-state index is 11.9. The van der Waals surface area contributed by atoms with Crippen molar-refractivity contribution >= 4 is 35.1 Å². The van der Waals surface area contributed by atoms with Gasteiger partial charge in [0.2, 0.25) is 0 Å². The third kappa shape index (κ3) is 2.70. The van der Waals surface area contributed by atoms with Crippen LogP contribution in [0.15, 0.2) is 18.2 Å². The second kappa shape index (κ2) is 4.94. The van der Waals surface area contributed by atoms with Crippen LogP contribution in [-0.4, -0.2) is 36.5 Å². The van der Waals surface area contributed by atoms with Crippen LogP contribution in [0.2, 0.25) is 10.0 Å². The number of ether oxygens (including phenoxy) is 1. The fourth-order valence-corrected chi connectivity index (χ4v) is 2.06. The largest absolute Gasteiger partial charge is 0.448 e. The van der Waals surface area contributed by atoms with Crippen molar-refractivity contribution in [3.63, 3.8) is 0 Å². The second-order valence-electron chi connectivity index (χ2n) is 3.58. The van der Waals surface area contributed by atoms with Crippen molar-refractivity contribution in [3.8, 4) is 0 Å². The number of hydrogen-bond donors (Lipinski definition) is 0. The average Bonchev–Trinajstić information content (AvgIpc) is 2.64. The molecule has 6 heteroatoms. The Balaban J connectivity index is 2.11. The van der Waals surface area contributed by atoms with Crippen LogP contribution < -0.4 is 0 Å². The SMILES string of the molecule is O=C(CN1CCOC1=O)c1ccc(Cl)cc1Cl.